The van der Waals surface area contributed by atoms with Gasteiger partial charge in [-0.05, 0) is 40.8 Å². The Morgan fingerprint density at radius 1 is 1.44 bits per heavy atom. The molecule has 1 aromatic heterocycles. The van der Waals surface area contributed by atoms with Crippen molar-refractivity contribution >= 4 is 44.2 Å². The van der Waals surface area contributed by atoms with Crippen molar-refractivity contribution in [2.45, 2.75) is 6.54 Å². The number of imidazole rings is 1. The van der Waals surface area contributed by atoms with Crippen molar-refractivity contribution in [2.24, 2.45) is 0 Å². The summed E-state index contributed by atoms with van der Waals surface area (Å²) >= 11 is 5.75. The van der Waals surface area contributed by atoms with E-state index in [1.54, 1.807) is 0 Å². The van der Waals surface area contributed by atoms with Gasteiger partial charge in [-0.25, -0.2) is 4.98 Å². The van der Waals surface area contributed by atoms with Crippen molar-refractivity contribution in [1.29, 1.82) is 0 Å². The average molecular weight is 390 g/mol. The molecule has 0 unspecified atom stereocenters. The smallest absolute Gasteiger partial charge is 0.143 e. The zero-order chi connectivity index (χ0) is 11.1. The molecule has 0 radical (unpaired) electrons. The monoisotopic (exact) mass is 389 g/mol. The molecule has 16 heavy (non-hydrogen) atoms. The first-order chi connectivity index (χ1) is 7.74. The van der Waals surface area contributed by atoms with Crippen molar-refractivity contribution in [1.82, 2.24) is 9.55 Å². The van der Waals surface area contributed by atoms with E-state index in [2.05, 4.69) is 77.8 Å². The van der Waals surface area contributed by atoms with Crippen LogP contribution < -0.4 is 5.32 Å². The topological polar surface area (TPSA) is 29.9 Å². The number of benzene rings is 1. The number of fused-ring (bicyclic) bond motifs is 3. The Morgan fingerprint density at radius 2 is 2.31 bits per heavy atom. The summed E-state index contributed by atoms with van der Waals surface area (Å²) in [7, 11) is 0. The van der Waals surface area contributed by atoms with Gasteiger partial charge in [-0.2, -0.15) is 0 Å². The highest BCUT2D eigenvalue weighted by Crippen LogP contribution is 2.32. The lowest BCUT2D eigenvalue weighted by Gasteiger charge is -2.06. The molecule has 1 N–H and O–H groups in total. The van der Waals surface area contributed by atoms with E-state index in [0.29, 0.717) is 0 Å². The molecule has 0 bridgehead atoms. The molecular formula is C11H9BrIN3. The molecule has 82 valence electrons. The lowest BCUT2D eigenvalue weighted by Crippen LogP contribution is -2.06. The molecule has 2 heterocycles. The van der Waals surface area contributed by atoms with Crippen LogP contribution in [0.1, 0.15) is 0 Å². The summed E-state index contributed by atoms with van der Waals surface area (Å²) in [5, 5.41) is 3.43. The summed E-state index contributed by atoms with van der Waals surface area (Å²) in [5.74, 6) is 1.05. The van der Waals surface area contributed by atoms with Gasteiger partial charge in [0, 0.05) is 35.0 Å². The third kappa shape index (κ3) is 1.75. The zero-order valence-electron chi connectivity index (χ0n) is 8.37. The second-order valence-corrected chi connectivity index (χ2v) is 5.72. The molecule has 0 spiro atoms. The Hall–Kier alpha value is -0.560. The SMILES string of the molecule is Brc1ccc2c(c1)NCCn1cc(I)nc1-2. The number of hydrogen-bond acceptors (Lipinski definition) is 2. The van der Waals surface area contributed by atoms with Crippen molar-refractivity contribution in [3.63, 3.8) is 0 Å². The maximum absolute atomic E-state index is 4.58. The standard InChI is InChI=1S/C11H9BrIN3/c12-7-1-2-8-9(5-7)14-3-4-16-6-10(13)15-11(8)16/h1-2,5-6,14H,3-4H2. The van der Waals surface area contributed by atoms with E-state index in [9.17, 15) is 0 Å². The molecule has 3 rings (SSSR count). The van der Waals surface area contributed by atoms with E-state index >= 15 is 0 Å². The summed E-state index contributed by atoms with van der Waals surface area (Å²) in [6.45, 7) is 1.89. The maximum Gasteiger partial charge on any atom is 0.143 e. The van der Waals surface area contributed by atoms with Crippen molar-refractivity contribution in [3.05, 3.63) is 32.6 Å². The van der Waals surface area contributed by atoms with Gasteiger partial charge < -0.3 is 9.88 Å². The fourth-order valence-corrected chi connectivity index (χ4v) is 2.86. The molecule has 0 aliphatic carbocycles. The predicted octanol–water partition coefficient (Wildman–Crippen LogP) is 3.34. The van der Waals surface area contributed by atoms with Gasteiger partial charge in [-0.3, -0.25) is 0 Å². The Kier molecular flexibility index (Phi) is 2.67. The third-order valence-electron chi connectivity index (χ3n) is 2.64. The molecule has 5 heteroatoms. The molecule has 0 amide bonds. The van der Waals surface area contributed by atoms with Crippen LogP contribution in [0.2, 0.25) is 0 Å². The van der Waals surface area contributed by atoms with Gasteiger partial charge in [0.05, 0.1) is 0 Å². The molecule has 1 aliphatic rings. The summed E-state index contributed by atoms with van der Waals surface area (Å²) in [6, 6.07) is 6.26. The van der Waals surface area contributed by atoms with Gasteiger partial charge in [0.15, 0.2) is 0 Å². The molecule has 0 fully saturated rings. The van der Waals surface area contributed by atoms with Gasteiger partial charge in [0.25, 0.3) is 0 Å². The van der Waals surface area contributed by atoms with Crippen LogP contribution in [0.4, 0.5) is 5.69 Å². The van der Waals surface area contributed by atoms with E-state index in [1.807, 2.05) is 0 Å². The molecule has 1 aliphatic heterocycles. The van der Waals surface area contributed by atoms with Gasteiger partial charge in [0.1, 0.15) is 9.53 Å². The van der Waals surface area contributed by atoms with Gasteiger partial charge >= 0.3 is 0 Å². The van der Waals surface area contributed by atoms with Crippen molar-refractivity contribution < 1.29 is 0 Å². The lowest BCUT2D eigenvalue weighted by molar-refractivity contribution is 0.743. The Labute approximate surface area is 116 Å². The largest absolute Gasteiger partial charge is 0.383 e. The highest BCUT2D eigenvalue weighted by atomic mass is 127. The number of hydrogen-bond donors (Lipinski definition) is 1. The predicted molar refractivity (Wildman–Crippen MR) is 76.6 cm³/mol. The molecule has 3 nitrogen and oxygen atoms in total. The minimum atomic E-state index is 0.933. The molecule has 2 aromatic rings. The highest BCUT2D eigenvalue weighted by molar-refractivity contribution is 14.1. The van der Waals surface area contributed by atoms with Gasteiger partial charge in [-0.1, -0.05) is 15.9 Å². The number of halogens is 2. The van der Waals surface area contributed by atoms with E-state index in [1.165, 1.54) is 5.56 Å². The number of rotatable bonds is 0. The van der Waals surface area contributed by atoms with E-state index in [0.717, 1.165) is 32.8 Å². The Bertz CT molecular complexity index is 550. The van der Waals surface area contributed by atoms with Crippen molar-refractivity contribution in [3.8, 4) is 11.4 Å². The van der Waals surface area contributed by atoms with Crippen molar-refractivity contribution in [2.75, 3.05) is 11.9 Å². The van der Waals surface area contributed by atoms with E-state index < -0.39 is 0 Å². The second-order valence-electron chi connectivity index (χ2n) is 3.70. The zero-order valence-corrected chi connectivity index (χ0v) is 12.1. The Morgan fingerprint density at radius 3 is 3.19 bits per heavy atom. The van der Waals surface area contributed by atoms with Crippen LogP contribution in [0.3, 0.4) is 0 Å². The van der Waals surface area contributed by atoms with Crippen LogP contribution in [0, 0.1) is 3.70 Å². The highest BCUT2D eigenvalue weighted by Gasteiger charge is 2.16. The van der Waals surface area contributed by atoms with E-state index in [4.69, 9.17) is 0 Å². The fourth-order valence-electron chi connectivity index (χ4n) is 1.94. The molecule has 1 aromatic carbocycles. The fraction of sp³-hybridized carbons (Fsp3) is 0.182. The molecular weight excluding hydrogens is 381 g/mol. The molecule has 0 atom stereocenters. The number of anilines is 1. The molecule has 0 saturated heterocycles. The Balaban J connectivity index is 2.24. The van der Waals surface area contributed by atoms with Gasteiger partial charge in [-0.15, -0.1) is 0 Å². The van der Waals surface area contributed by atoms with Crippen LogP contribution in [-0.4, -0.2) is 16.1 Å². The van der Waals surface area contributed by atoms with Crippen LogP contribution >= 0.6 is 38.5 Å². The normalized spacial score (nSPS) is 13.6. The van der Waals surface area contributed by atoms with Gasteiger partial charge in [0.2, 0.25) is 0 Å². The first kappa shape index (κ1) is 10.6. The number of nitrogens with zero attached hydrogens (tertiary/aromatic N) is 2. The van der Waals surface area contributed by atoms with Crippen LogP contribution in [0.25, 0.3) is 11.4 Å². The second kappa shape index (κ2) is 4.03. The van der Waals surface area contributed by atoms with Crippen LogP contribution in [0.5, 0.6) is 0 Å². The number of nitrogens with one attached hydrogen (secondary N) is 1. The minimum Gasteiger partial charge on any atom is -0.383 e. The summed E-state index contributed by atoms with van der Waals surface area (Å²) in [5.41, 5.74) is 2.32. The van der Waals surface area contributed by atoms with Crippen LogP contribution in [0.15, 0.2) is 28.9 Å². The molecule has 0 saturated carbocycles. The quantitative estimate of drug-likeness (QED) is 0.700. The summed E-state index contributed by atoms with van der Waals surface area (Å²) in [6.07, 6.45) is 2.09. The third-order valence-corrected chi connectivity index (χ3v) is 3.65. The lowest BCUT2D eigenvalue weighted by atomic mass is 10.1. The van der Waals surface area contributed by atoms with E-state index in [-0.39, 0.29) is 0 Å². The first-order valence-electron chi connectivity index (χ1n) is 5.00. The maximum atomic E-state index is 4.58. The first-order valence-corrected chi connectivity index (χ1v) is 6.88. The number of aromatic nitrogens is 2. The average Bonchev–Trinajstić information content (AvgIpc) is 2.52. The summed E-state index contributed by atoms with van der Waals surface area (Å²) < 4.78 is 4.34. The summed E-state index contributed by atoms with van der Waals surface area (Å²) in [4.78, 5) is 4.58. The minimum absolute atomic E-state index is 0.933. The van der Waals surface area contributed by atoms with Crippen LogP contribution in [-0.2, 0) is 6.54 Å².